The van der Waals surface area contributed by atoms with Gasteiger partial charge in [-0.1, -0.05) is 60.7 Å². The summed E-state index contributed by atoms with van der Waals surface area (Å²) in [5, 5.41) is 23.4. The van der Waals surface area contributed by atoms with E-state index in [9.17, 15) is 19.5 Å². The fraction of sp³-hybridized carbons (Fsp3) is 0.182. The van der Waals surface area contributed by atoms with Crippen molar-refractivity contribution in [3.05, 3.63) is 113 Å². The number of hydrogen-bond acceptors (Lipinski definition) is 6. The van der Waals surface area contributed by atoms with Crippen LogP contribution in [0, 0.1) is 0 Å². The average molecular weight is 563 g/mol. The van der Waals surface area contributed by atoms with E-state index in [4.69, 9.17) is 5.11 Å². The van der Waals surface area contributed by atoms with Gasteiger partial charge in [0.15, 0.2) is 11.4 Å². The number of carbonyl (C=O) groups is 2. The Kier molecular flexibility index (Phi) is 8.67. The van der Waals surface area contributed by atoms with Gasteiger partial charge in [0.2, 0.25) is 0 Å². The van der Waals surface area contributed by atoms with Gasteiger partial charge >= 0.3 is 5.97 Å². The highest BCUT2D eigenvalue weighted by Crippen LogP contribution is 2.36. The third-order valence-electron chi connectivity index (χ3n) is 7.02. The molecule has 0 unspecified atom stereocenters. The number of amides is 1. The van der Waals surface area contributed by atoms with Gasteiger partial charge in [-0.3, -0.25) is 19.4 Å². The molecule has 0 spiro atoms. The van der Waals surface area contributed by atoms with Crippen LogP contribution in [0.4, 0.5) is 0 Å². The van der Waals surface area contributed by atoms with Crippen LogP contribution in [0.1, 0.15) is 35.3 Å². The van der Waals surface area contributed by atoms with Crippen LogP contribution in [0.5, 0.6) is 5.75 Å². The minimum Gasteiger partial charge on any atom is -0.505 e. The summed E-state index contributed by atoms with van der Waals surface area (Å²) in [6.07, 6.45) is 4.64. The van der Waals surface area contributed by atoms with Crippen LogP contribution >= 0.6 is 0 Å². The Hall–Kier alpha value is -5.31. The van der Waals surface area contributed by atoms with Gasteiger partial charge in [0.25, 0.3) is 11.5 Å². The van der Waals surface area contributed by atoms with Gasteiger partial charge < -0.3 is 20.1 Å². The molecular formula is C33H30N4O5. The lowest BCUT2D eigenvalue weighted by Gasteiger charge is -2.19. The first-order valence-corrected chi connectivity index (χ1v) is 13.7. The topological polar surface area (TPSA) is 134 Å². The molecule has 3 N–H and O–H groups in total. The summed E-state index contributed by atoms with van der Waals surface area (Å²) in [5.41, 5.74) is 3.01. The highest BCUT2D eigenvalue weighted by molar-refractivity contribution is 6.05. The van der Waals surface area contributed by atoms with Gasteiger partial charge in [0, 0.05) is 48.4 Å². The SMILES string of the molecule is O=C(O)CCCCNC(=O)c1nc(-c2cccnc2)c2c(cc(-c3ccccc3)c(=O)n2CCc2ccccc2)c1O. The van der Waals surface area contributed by atoms with Crippen molar-refractivity contribution in [3.63, 3.8) is 0 Å². The summed E-state index contributed by atoms with van der Waals surface area (Å²) >= 11 is 0. The van der Waals surface area contributed by atoms with E-state index in [2.05, 4.69) is 15.3 Å². The van der Waals surface area contributed by atoms with Crippen LogP contribution in [0.2, 0.25) is 0 Å². The average Bonchev–Trinajstić information content (AvgIpc) is 3.01. The molecule has 0 radical (unpaired) electrons. The maximum absolute atomic E-state index is 14.1. The Morgan fingerprint density at radius 1 is 0.905 bits per heavy atom. The minimum absolute atomic E-state index is 0.00325. The van der Waals surface area contributed by atoms with Crippen LogP contribution in [0.3, 0.4) is 0 Å². The molecule has 3 aromatic heterocycles. The molecule has 0 aliphatic carbocycles. The van der Waals surface area contributed by atoms with Crippen molar-refractivity contribution >= 4 is 22.8 Å². The molecule has 0 fully saturated rings. The smallest absolute Gasteiger partial charge is 0.303 e. The molecule has 1 amide bonds. The van der Waals surface area contributed by atoms with E-state index in [0.717, 1.165) is 5.56 Å². The number of hydrogen-bond donors (Lipinski definition) is 3. The van der Waals surface area contributed by atoms with Gasteiger partial charge in [-0.05, 0) is 48.6 Å². The maximum atomic E-state index is 14.1. The zero-order chi connectivity index (χ0) is 29.5. The maximum Gasteiger partial charge on any atom is 0.303 e. The number of nitrogens with one attached hydrogen (secondary N) is 1. The summed E-state index contributed by atoms with van der Waals surface area (Å²) in [7, 11) is 0. The molecule has 5 aromatic rings. The van der Waals surface area contributed by atoms with E-state index >= 15 is 0 Å². The first-order chi connectivity index (χ1) is 20.4. The lowest BCUT2D eigenvalue weighted by atomic mass is 10.0. The molecule has 0 aliphatic heterocycles. The van der Waals surface area contributed by atoms with Crippen LogP contribution in [-0.2, 0) is 17.8 Å². The molecule has 9 nitrogen and oxygen atoms in total. The minimum atomic E-state index is -0.899. The van der Waals surface area contributed by atoms with Crippen LogP contribution in [-0.4, -0.2) is 43.2 Å². The second kappa shape index (κ2) is 12.9. The van der Waals surface area contributed by atoms with Gasteiger partial charge in [0.1, 0.15) is 0 Å². The number of pyridine rings is 3. The molecule has 42 heavy (non-hydrogen) atoms. The molecule has 5 rings (SSSR count). The van der Waals surface area contributed by atoms with E-state index < -0.39 is 11.9 Å². The first kappa shape index (κ1) is 28.2. The predicted molar refractivity (Wildman–Crippen MR) is 160 cm³/mol. The summed E-state index contributed by atoms with van der Waals surface area (Å²) in [6, 6.07) is 24.1. The van der Waals surface area contributed by atoms with Crippen molar-refractivity contribution in [1.29, 1.82) is 0 Å². The number of nitrogens with zero attached hydrogens (tertiary/aromatic N) is 3. The zero-order valence-electron chi connectivity index (χ0n) is 22.9. The molecule has 0 saturated heterocycles. The number of fused-ring (bicyclic) bond motifs is 1. The highest BCUT2D eigenvalue weighted by Gasteiger charge is 2.24. The Labute approximate surface area is 242 Å². The molecule has 3 heterocycles. The number of carboxylic acid groups (broad SMARTS) is 1. The summed E-state index contributed by atoms with van der Waals surface area (Å²) in [6.45, 7) is 0.531. The van der Waals surface area contributed by atoms with Crippen molar-refractivity contribution in [2.75, 3.05) is 6.54 Å². The number of benzene rings is 2. The van der Waals surface area contributed by atoms with E-state index in [1.54, 1.807) is 35.2 Å². The quantitative estimate of drug-likeness (QED) is 0.192. The summed E-state index contributed by atoms with van der Waals surface area (Å²) < 4.78 is 1.62. The summed E-state index contributed by atoms with van der Waals surface area (Å²) in [5.74, 6) is -1.84. The Morgan fingerprint density at radius 2 is 1.62 bits per heavy atom. The van der Waals surface area contributed by atoms with Gasteiger partial charge in [0.05, 0.1) is 11.2 Å². The number of aromatic nitrogens is 3. The Bertz CT molecular complexity index is 1770. The third-order valence-corrected chi connectivity index (χ3v) is 7.02. The lowest BCUT2D eigenvalue weighted by molar-refractivity contribution is -0.137. The van der Waals surface area contributed by atoms with Crippen molar-refractivity contribution in [2.45, 2.75) is 32.2 Å². The van der Waals surface area contributed by atoms with Gasteiger partial charge in [-0.25, -0.2) is 4.98 Å². The molecule has 0 aliphatic rings. The molecule has 9 heteroatoms. The van der Waals surface area contributed by atoms with E-state index in [1.807, 2.05) is 60.7 Å². The lowest BCUT2D eigenvalue weighted by Crippen LogP contribution is -2.27. The fourth-order valence-corrected chi connectivity index (χ4v) is 4.92. The first-order valence-electron chi connectivity index (χ1n) is 13.7. The number of aryl methyl sites for hydroxylation is 2. The number of unbranched alkanes of at least 4 members (excludes halogenated alkanes) is 1. The standard InChI is InChI=1S/C33H30N4O5/c38-27(39)15-7-8-18-35-32(41)29-31(40)26-20-25(23-12-5-2-6-13-23)33(42)37(19-16-22-10-3-1-4-11-22)30(26)28(36-29)24-14-9-17-34-21-24/h1-6,9-14,17,20-21,40H,7-8,15-16,18-19H2,(H,35,41)(H,38,39). The number of aliphatic carboxylic acids is 1. The van der Waals surface area contributed by atoms with Crippen molar-refractivity contribution in [2.24, 2.45) is 0 Å². The molecule has 2 aromatic carbocycles. The highest BCUT2D eigenvalue weighted by atomic mass is 16.4. The van der Waals surface area contributed by atoms with Crippen LogP contribution in [0.25, 0.3) is 33.3 Å². The second-order valence-electron chi connectivity index (χ2n) is 9.88. The van der Waals surface area contributed by atoms with E-state index in [1.165, 1.54) is 0 Å². The van der Waals surface area contributed by atoms with Gasteiger partial charge in [-0.15, -0.1) is 0 Å². The number of carboxylic acids is 1. The van der Waals surface area contributed by atoms with Crippen molar-refractivity contribution < 1.29 is 19.8 Å². The van der Waals surface area contributed by atoms with E-state index in [0.29, 0.717) is 59.1 Å². The second-order valence-corrected chi connectivity index (χ2v) is 9.88. The largest absolute Gasteiger partial charge is 0.505 e. The number of carbonyl (C=O) groups excluding carboxylic acids is 1. The Morgan fingerprint density at radius 3 is 2.31 bits per heavy atom. The van der Waals surface area contributed by atoms with Crippen LogP contribution < -0.4 is 10.9 Å². The fourth-order valence-electron chi connectivity index (χ4n) is 4.92. The molecular weight excluding hydrogens is 532 g/mol. The van der Waals surface area contributed by atoms with Gasteiger partial charge in [-0.2, -0.15) is 0 Å². The van der Waals surface area contributed by atoms with Crippen molar-refractivity contribution in [3.8, 4) is 28.1 Å². The predicted octanol–water partition coefficient (Wildman–Crippen LogP) is 5.06. The van der Waals surface area contributed by atoms with E-state index in [-0.39, 0.29) is 30.0 Å². The number of rotatable bonds is 11. The Balaban J connectivity index is 1.69. The van der Waals surface area contributed by atoms with Crippen LogP contribution in [0.15, 0.2) is 96.1 Å². The molecule has 0 bridgehead atoms. The summed E-state index contributed by atoms with van der Waals surface area (Å²) in [4.78, 5) is 47.0. The zero-order valence-corrected chi connectivity index (χ0v) is 22.9. The monoisotopic (exact) mass is 562 g/mol. The number of aromatic hydroxyl groups is 1. The molecule has 0 saturated carbocycles. The molecule has 212 valence electrons. The normalized spacial score (nSPS) is 11.0. The van der Waals surface area contributed by atoms with Crippen molar-refractivity contribution in [1.82, 2.24) is 19.9 Å². The third kappa shape index (κ3) is 6.20. The molecule has 0 atom stereocenters.